The van der Waals surface area contributed by atoms with Gasteiger partial charge in [0.05, 0.1) is 5.52 Å². The van der Waals surface area contributed by atoms with Gasteiger partial charge in [0.2, 0.25) is 0 Å². The van der Waals surface area contributed by atoms with E-state index in [1.807, 2.05) is 30.3 Å². The molecule has 0 aliphatic rings. The number of hydrogen-bond donors (Lipinski definition) is 0. The van der Waals surface area contributed by atoms with Crippen molar-refractivity contribution >= 4 is 16.7 Å². The van der Waals surface area contributed by atoms with Crippen LogP contribution in [0, 0.1) is 5.21 Å². The molecule has 0 saturated carbocycles. The number of aromatic nitrogens is 1. The summed E-state index contributed by atoms with van der Waals surface area (Å²) in [7, 11) is 0. The van der Waals surface area contributed by atoms with E-state index in [-0.39, 0.29) is 29.6 Å². The molecule has 64 valence electrons. The van der Waals surface area contributed by atoms with Crippen LogP contribution >= 0.6 is 0 Å². The quantitative estimate of drug-likeness (QED) is 0.360. The Hall–Kier alpha value is -0.970. The topological polar surface area (TPSA) is 60.7 Å². The summed E-state index contributed by atoms with van der Waals surface area (Å²) < 4.78 is 0. The Morgan fingerprint density at radius 1 is 1.07 bits per heavy atom. The molecule has 14 heavy (non-hydrogen) atoms. The summed E-state index contributed by atoms with van der Waals surface area (Å²) in [5.41, 5.74) is 0.812. The van der Waals surface area contributed by atoms with Gasteiger partial charge in [-0.3, -0.25) is 0 Å². The van der Waals surface area contributed by atoms with Gasteiger partial charge in [-0.25, -0.2) is 10.3 Å². The molecule has 0 bridgehead atoms. The predicted molar refractivity (Wildman–Crippen MR) is 49.6 cm³/mol. The van der Waals surface area contributed by atoms with Gasteiger partial charge in [0, 0.05) is 5.39 Å². The standard InChI is InChI=1S/C9H7N3O.Na/c13-12-11-9-6-5-7-3-1-2-4-8(7)10-9;/h1-6H,(H,10,11,13);/q;+1/p-1. The zero-order chi connectivity index (χ0) is 9.10. The number of rotatable bonds is 1. The number of fused-ring (bicyclic) bond motifs is 1. The van der Waals surface area contributed by atoms with Gasteiger partial charge in [0.25, 0.3) is 0 Å². The average Bonchev–Trinajstić information content (AvgIpc) is 2.18. The Morgan fingerprint density at radius 2 is 1.86 bits per heavy atom. The van der Waals surface area contributed by atoms with Crippen molar-refractivity contribution in [2.24, 2.45) is 10.4 Å². The summed E-state index contributed by atoms with van der Waals surface area (Å²) >= 11 is 0. The van der Waals surface area contributed by atoms with Crippen molar-refractivity contribution in [3.8, 4) is 0 Å². The van der Waals surface area contributed by atoms with Crippen molar-refractivity contribution in [3.05, 3.63) is 41.6 Å². The van der Waals surface area contributed by atoms with E-state index in [1.54, 1.807) is 6.07 Å². The van der Waals surface area contributed by atoms with Crippen LogP contribution in [0.1, 0.15) is 0 Å². The molecule has 0 aliphatic carbocycles. The molecule has 5 heteroatoms. The molecule has 0 atom stereocenters. The normalized spacial score (nSPS) is 10.3. The molecule has 0 fully saturated rings. The van der Waals surface area contributed by atoms with Crippen LogP contribution < -0.4 is 29.6 Å². The molecule has 1 aromatic carbocycles. The van der Waals surface area contributed by atoms with Gasteiger partial charge in [-0.2, -0.15) is 0 Å². The Balaban J connectivity index is 0.000000980. The van der Waals surface area contributed by atoms with Gasteiger partial charge in [-0.05, 0) is 18.2 Å². The maximum absolute atomic E-state index is 9.85. The summed E-state index contributed by atoms with van der Waals surface area (Å²) in [4.78, 5) is 4.10. The predicted octanol–water partition coefficient (Wildman–Crippen LogP) is -0.180. The van der Waals surface area contributed by atoms with E-state index in [2.05, 4.69) is 15.4 Å². The first-order chi connectivity index (χ1) is 6.40. The summed E-state index contributed by atoms with van der Waals surface area (Å²) in [6, 6.07) is 11.1. The van der Waals surface area contributed by atoms with Gasteiger partial charge < -0.3 is 5.21 Å². The molecule has 0 spiro atoms. The number of pyridine rings is 1. The molecule has 1 heterocycles. The fraction of sp³-hybridized carbons (Fsp3) is 0. The average molecular weight is 195 g/mol. The van der Waals surface area contributed by atoms with Crippen LogP contribution in [0.25, 0.3) is 10.9 Å². The van der Waals surface area contributed by atoms with E-state index in [1.165, 1.54) is 0 Å². The monoisotopic (exact) mass is 195 g/mol. The minimum Gasteiger partial charge on any atom is -0.775 e. The van der Waals surface area contributed by atoms with Crippen LogP contribution in [0.15, 0.2) is 46.8 Å². The van der Waals surface area contributed by atoms with Crippen LogP contribution in [0.5, 0.6) is 0 Å². The largest absolute Gasteiger partial charge is 1.00 e. The van der Waals surface area contributed by atoms with Crippen molar-refractivity contribution in [2.75, 3.05) is 0 Å². The molecule has 0 radical (unpaired) electrons. The van der Waals surface area contributed by atoms with Crippen molar-refractivity contribution in [1.29, 1.82) is 0 Å². The van der Waals surface area contributed by atoms with Gasteiger partial charge in [0.15, 0.2) is 5.82 Å². The maximum Gasteiger partial charge on any atom is 1.00 e. The van der Waals surface area contributed by atoms with Crippen LogP contribution in [-0.4, -0.2) is 4.98 Å². The summed E-state index contributed by atoms with van der Waals surface area (Å²) in [5, 5.41) is 16.6. The van der Waals surface area contributed by atoms with E-state index >= 15 is 0 Å². The fourth-order valence-corrected chi connectivity index (χ4v) is 1.15. The SMILES string of the molecule is [Na+].[O-]N=Nc1ccc2ccccc2n1. The molecule has 0 N–H and O–H groups in total. The summed E-state index contributed by atoms with van der Waals surface area (Å²) in [6.45, 7) is 0. The van der Waals surface area contributed by atoms with E-state index in [0.717, 1.165) is 10.9 Å². The maximum atomic E-state index is 9.85. The first-order valence-corrected chi connectivity index (χ1v) is 3.79. The molecule has 0 unspecified atom stereocenters. The number of para-hydroxylation sites is 1. The molecule has 2 rings (SSSR count). The molecule has 0 amide bonds. The zero-order valence-corrected chi connectivity index (χ0v) is 9.71. The second-order valence-corrected chi connectivity index (χ2v) is 2.54. The third-order valence-corrected chi connectivity index (χ3v) is 1.73. The Labute approximate surface area is 103 Å². The van der Waals surface area contributed by atoms with E-state index < -0.39 is 0 Å². The van der Waals surface area contributed by atoms with Crippen molar-refractivity contribution < 1.29 is 29.6 Å². The molecular formula is C9H6N3NaO. The third kappa shape index (κ3) is 2.29. The summed E-state index contributed by atoms with van der Waals surface area (Å²) in [5.74, 6) is 0.341. The minimum absolute atomic E-state index is 0. The van der Waals surface area contributed by atoms with Gasteiger partial charge in [-0.1, -0.05) is 18.2 Å². The molecule has 4 nitrogen and oxygen atoms in total. The number of benzene rings is 1. The van der Waals surface area contributed by atoms with Gasteiger partial charge in [-0.15, -0.1) is 5.11 Å². The Bertz CT molecular complexity index is 459. The molecule has 0 aliphatic heterocycles. The smallest absolute Gasteiger partial charge is 0.775 e. The number of hydrogen-bond acceptors (Lipinski definition) is 4. The van der Waals surface area contributed by atoms with Gasteiger partial charge >= 0.3 is 29.6 Å². The van der Waals surface area contributed by atoms with Crippen LogP contribution in [0.3, 0.4) is 0 Å². The Kier molecular flexibility index (Phi) is 4.00. The van der Waals surface area contributed by atoms with E-state index in [9.17, 15) is 5.21 Å². The van der Waals surface area contributed by atoms with E-state index in [0.29, 0.717) is 5.82 Å². The second-order valence-electron chi connectivity index (χ2n) is 2.54. The minimum atomic E-state index is 0. The second kappa shape index (κ2) is 5.05. The fourth-order valence-electron chi connectivity index (χ4n) is 1.15. The first-order valence-electron chi connectivity index (χ1n) is 3.79. The molecular weight excluding hydrogens is 189 g/mol. The van der Waals surface area contributed by atoms with Crippen molar-refractivity contribution in [3.63, 3.8) is 0 Å². The Morgan fingerprint density at radius 3 is 2.64 bits per heavy atom. The molecule has 2 aromatic rings. The number of nitrogens with zero attached hydrogens (tertiary/aromatic N) is 3. The van der Waals surface area contributed by atoms with Crippen LogP contribution in [-0.2, 0) is 0 Å². The van der Waals surface area contributed by atoms with Crippen molar-refractivity contribution in [1.82, 2.24) is 4.98 Å². The summed E-state index contributed by atoms with van der Waals surface area (Å²) in [6.07, 6.45) is 0. The first kappa shape index (κ1) is 11.1. The van der Waals surface area contributed by atoms with Crippen LogP contribution in [0.2, 0.25) is 0 Å². The van der Waals surface area contributed by atoms with E-state index in [4.69, 9.17) is 0 Å². The molecule has 0 saturated heterocycles. The van der Waals surface area contributed by atoms with Crippen LogP contribution in [0.4, 0.5) is 5.82 Å². The zero-order valence-electron chi connectivity index (χ0n) is 7.71. The third-order valence-electron chi connectivity index (χ3n) is 1.73. The van der Waals surface area contributed by atoms with Crippen molar-refractivity contribution in [2.45, 2.75) is 0 Å². The van der Waals surface area contributed by atoms with Gasteiger partial charge in [0.1, 0.15) is 0 Å². The molecule has 1 aromatic heterocycles.